The smallest absolute Gasteiger partial charge is 0.289 e. The van der Waals surface area contributed by atoms with Crippen LogP contribution in [0.5, 0.6) is 0 Å². The Bertz CT molecular complexity index is 831. The number of hydrogen-bond acceptors (Lipinski definition) is 5. The first-order chi connectivity index (χ1) is 11.4. The number of Topliss-reactive ketones (excluding diaryl/α,β-unsaturated/α-hetero) is 1. The molecule has 0 spiro atoms. The van der Waals surface area contributed by atoms with Crippen molar-refractivity contribution in [1.29, 1.82) is 0 Å². The lowest BCUT2D eigenvalue weighted by atomic mass is 9.77. The van der Waals surface area contributed by atoms with Crippen molar-refractivity contribution in [3.63, 3.8) is 0 Å². The Kier molecular flexibility index (Phi) is 4.27. The van der Waals surface area contributed by atoms with E-state index in [9.17, 15) is 23.3 Å². The molecule has 1 aromatic carbocycles. The average Bonchev–Trinajstić information content (AvgIpc) is 2.58. The number of allylic oxidation sites excluding steroid dienone is 1. The van der Waals surface area contributed by atoms with Crippen molar-refractivity contribution in [2.45, 2.75) is 37.1 Å². The van der Waals surface area contributed by atoms with Gasteiger partial charge in [-0.25, -0.2) is 8.42 Å². The molecule has 24 heavy (non-hydrogen) atoms. The number of nitrogens with zero attached hydrogens (tertiary/aromatic N) is 2. The van der Waals surface area contributed by atoms with Crippen LogP contribution in [-0.2, 0) is 14.8 Å². The zero-order valence-corrected chi connectivity index (χ0v) is 14.0. The topological polar surface area (TPSA) is 97.6 Å². The zero-order valence-electron chi connectivity index (χ0n) is 13.2. The molecule has 0 aromatic heterocycles. The fourth-order valence-corrected chi connectivity index (χ4v) is 5.38. The Morgan fingerprint density at radius 3 is 2.71 bits per heavy atom. The molecule has 0 unspecified atom stereocenters. The van der Waals surface area contributed by atoms with Crippen LogP contribution >= 0.6 is 0 Å². The molecule has 2 fully saturated rings. The van der Waals surface area contributed by atoms with Crippen molar-refractivity contribution in [3.05, 3.63) is 46.0 Å². The molecule has 1 saturated carbocycles. The summed E-state index contributed by atoms with van der Waals surface area (Å²) in [4.78, 5) is 22.3. The highest BCUT2D eigenvalue weighted by Gasteiger charge is 2.45. The van der Waals surface area contributed by atoms with Crippen LogP contribution in [0.15, 0.2) is 40.8 Å². The van der Waals surface area contributed by atoms with Crippen LogP contribution in [0.25, 0.3) is 0 Å². The van der Waals surface area contributed by atoms with Crippen molar-refractivity contribution in [3.8, 4) is 0 Å². The predicted octanol–water partition coefficient (Wildman–Crippen LogP) is 2.28. The summed E-state index contributed by atoms with van der Waals surface area (Å²) in [7, 11) is -4.01. The fourth-order valence-electron chi connectivity index (χ4n) is 3.57. The van der Waals surface area contributed by atoms with E-state index in [4.69, 9.17) is 0 Å². The third-order valence-corrected chi connectivity index (χ3v) is 6.78. The SMILES string of the molecule is C/C=C1/CN(S(=O)(=O)c2ccccc2[N+](=O)[O-])[C@@H]2CCC(=O)[C@H]1C2. The first-order valence-electron chi connectivity index (χ1n) is 7.79. The molecule has 1 aliphatic carbocycles. The number of nitro benzene ring substituents is 1. The summed E-state index contributed by atoms with van der Waals surface area (Å²) < 4.78 is 27.5. The molecule has 128 valence electrons. The molecule has 2 atom stereocenters. The summed E-state index contributed by atoms with van der Waals surface area (Å²) in [5.74, 6) is -0.0620. The Labute approximate surface area is 140 Å². The highest BCUT2D eigenvalue weighted by Crippen LogP contribution is 2.39. The van der Waals surface area contributed by atoms with Crippen LogP contribution < -0.4 is 0 Å². The zero-order chi connectivity index (χ0) is 17.5. The van der Waals surface area contributed by atoms with E-state index in [0.717, 1.165) is 5.57 Å². The van der Waals surface area contributed by atoms with Gasteiger partial charge in [-0.05, 0) is 31.4 Å². The number of benzene rings is 1. The summed E-state index contributed by atoms with van der Waals surface area (Å²) in [5.41, 5.74) is 0.353. The Balaban J connectivity index is 2.05. The molecule has 2 aliphatic rings. The van der Waals surface area contributed by atoms with E-state index in [1.807, 2.05) is 0 Å². The van der Waals surface area contributed by atoms with Crippen LogP contribution in [0.1, 0.15) is 26.2 Å². The molecule has 8 heteroatoms. The van der Waals surface area contributed by atoms with E-state index in [-0.39, 0.29) is 29.2 Å². The lowest BCUT2D eigenvalue weighted by Gasteiger charge is -2.42. The summed E-state index contributed by atoms with van der Waals surface area (Å²) >= 11 is 0. The molecule has 0 radical (unpaired) electrons. The van der Waals surface area contributed by atoms with Crippen molar-refractivity contribution in [2.75, 3.05) is 6.54 Å². The Morgan fingerprint density at radius 2 is 2.04 bits per heavy atom. The van der Waals surface area contributed by atoms with Gasteiger partial charge in [-0.3, -0.25) is 14.9 Å². The van der Waals surface area contributed by atoms with E-state index in [2.05, 4.69) is 0 Å². The standard InChI is InChI=1S/C16H18N2O5S/c1-2-11-10-17(12-7-8-15(19)13(11)9-12)24(22,23)16-6-4-3-5-14(16)18(20)21/h2-6,12-13H,7-10H2,1H3/b11-2-/t12-,13+/m1/s1. The van der Waals surface area contributed by atoms with Gasteiger partial charge in [-0.15, -0.1) is 0 Å². The third-order valence-electron chi connectivity index (χ3n) is 4.83. The van der Waals surface area contributed by atoms with Crippen molar-refractivity contribution >= 4 is 21.5 Å². The van der Waals surface area contributed by atoms with Gasteiger partial charge in [-0.2, -0.15) is 4.31 Å². The van der Waals surface area contributed by atoms with E-state index >= 15 is 0 Å². The normalized spacial score (nSPS) is 26.5. The monoisotopic (exact) mass is 350 g/mol. The largest absolute Gasteiger partial charge is 0.299 e. The number of carbonyl (C=O) groups excluding carboxylic acids is 1. The minimum Gasteiger partial charge on any atom is -0.299 e. The quantitative estimate of drug-likeness (QED) is 0.473. The molecule has 7 nitrogen and oxygen atoms in total. The number of ketones is 1. The molecule has 1 heterocycles. The molecule has 1 saturated heterocycles. The van der Waals surface area contributed by atoms with Gasteiger partial charge in [0.15, 0.2) is 4.90 Å². The van der Waals surface area contributed by atoms with Gasteiger partial charge >= 0.3 is 0 Å². The highest BCUT2D eigenvalue weighted by molar-refractivity contribution is 7.89. The van der Waals surface area contributed by atoms with Crippen LogP contribution in [0.3, 0.4) is 0 Å². The van der Waals surface area contributed by atoms with E-state index in [1.165, 1.54) is 28.6 Å². The summed E-state index contributed by atoms with van der Waals surface area (Å²) in [6.45, 7) is 1.90. The lowest BCUT2D eigenvalue weighted by molar-refractivity contribution is -0.387. The summed E-state index contributed by atoms with van der Waals surface area (Å²) in [6, 6.07) is 5.10. The number of sulfonamides is 1. The first-order valence-corrected chi connectivity index (χ1v) is 9.23. The number of para-hydroxylation sites is 1. The molecular weight excluding hydrogens is 332 g/mol. The minimum absolute atomic E-state index is 0.117. The van der Waals surface area contributed by atoms with E-state index in [1.54, 1.807) is 13.0 Å². The van der Waals surface area contributed by atoms with Gasteiger partial charge in [0, 0.05) is 31.0 Å². The maximum Gasteiger partial charge on any atom is 0.289 e. The van der Waals surface area contributed by atoms with Crippen LogP contribution in [0.4, 0.5) is 5.69 Å². The summed E-state index contributed by atoms with van der Waals surface area (Å²) in [5, 5.41) is 11.2. The van der Waals surface area contributed by atoms with E-state index in [0.29, 0.717) is 19.3 Å². The van der Waals surface area contributed by atoms with Gasteiger partial charge in [0.1, 0.15) is 5.78 Å². The number of rotatable bonds is 3. The number of nitro groups is 1. The second-order valence-electron chi connectivity index (χ2n) is 6.09. The second-order valence-corrected chi connectivity index (χ2v) is 7.94. The summed E-state index contributed by atoms with van der Waals surface area (Å²) in [6.07, 6.45) is 3.05. The number of hydrogen-bond donors (Lipinski definition) is 0. The van der Waals surface area contributed by atoms with Crippen molar-refractivity contribution < 1.29 is 18.1 Å². The van der Waals surface area contributed by atoms with Gasteiger partial charge in [0.2, 0.25) is 10.0 Å². The Hall–Kier alpha value is -2.06. The van der Waals surface area contributed by atoms with Crippen molar-refractivity contribution in [2.24, 2.45) is 5.92 Å². The predicted molar refractivity (Wildman–Crippen MR) is 86.9 cm³/mol. The van der Waals surface area contributed by atoms with Crippen LogP contribution in [0.2, 0.25) is 0 Å². The number of carbonyl (C=O) groups is 1. The van der Waals surface area contributed by atoms with Gasteiger partial charge in [0.25, 0.3) is 5.69 Å². The molecule has 0 amide bonds. The van der Waals surface area contributed by atoms with E-state index < -0.39 is 20.6 Å². The second kappa shape index (κ2) is 6.10. The molecule has 1 aromatic rings. The molecular formula is C16H18N2O5S. The Morgan fingerprint density at radius 1 is 1.33 bits per heavy atom. The lowest BCUT2D eigenvalue weighted by Crippen LogP contribution is -2.51. The first kappa shape index (κ1) is 16.8. The average molecular weight is 350 g/mol. The number of fused-ring (bicyclic) bond motifs is 2. The van der Waals surface area contributed by atoms with Gasteiger partial charge in [-0.1, -0.05) is 18.2 Å². The van der Waals surface area contributed by atoms with Gasteiger partial charge in [0.05, 0.1) is 4.92 Å². The molecule has 3 rings (SSSR count). The third kappa shape index (κ3) is 2.65. The molecule has 0 N–H and O–H groups in total. The van der Waals surface area contributed by atoms with Crippen LogP contribution in [0, 0.1) is 16.0 Å². The maximum absolute atomic E-state index is 13.1. The highest BCUT2D eigenvalue weighted by atomic mass is 32.2. The molecule has 2 bridgehead atoms. The van der Waals surface area contributed by atoms with Crippen LogP contribution in [-0.4, -0.2) is 36.0 Å². The maximum atomic E-state index is 13.1. The fraction of sp³-hybridized carbons (Fsp3) is 0.438. The number of piperidine rings is 1. The van der Waals surface area contributed by atoms with Crippen molar-refractivity contribution in [1.82, 2.24) is 4.31 Å². The minimum atomic E-state index is -4.01. The molecule has 1 aliphatic heterocycles. The van der Waals surface area contributed by atoms with Gasteiger partial charge < -0.3 is 0 Å².